The maximum Gasteiger partial charge on any atom is 0.224 e. The van der Waals surface area contributed by atoms with Gasteiger partial charge in [0.05, 0.1) is 11.9 Å². The Morgan fingerprint density at radius 2 is 2.40 bits per heavy atom. The molecule has 0 aliphatic heterocycles. The molecule has 2 N–H and O–H groups in total. The Bertz CT molecular complexity index is 355. The van der Waals surface area contributed by atoms with Crippen molar-refractivity contribution in [2.45, 2.75) is 19.8 Å². The number of carbonyl (C=O) groups is 1. The van der Waals surface area contributed by atoms with Gasteiger partial charge in [-0.2, -0.15) is 0 Å². The molecule has 1 aromatic rings. The fourth-order valence-electron chi connectivity index (χ4n) is 1.09. The average Bonchev–Trinajstić information content (AvgIpc) is 2.20. The lowest BCUT2D eigenvalue weighted by atomic mass is 10.2. The van der Waals surface area contributed by atoms with Crippen LogP contribution in [-0.2, 0) is 4.79 Å². The SMILES string of the molecule is Cc1cc(NC(=O)CCCO)cnc1Cl. The van der Waals surface area contributed by atoms with Crippen LogP contribution in [0.25, 0.3) is 0 Å². The summed E-state index contributed by atoms with van der Waals surface area (Å²) in [6.07, 6.45) is 2.27. The number of aliphatic hydroxyl groups excluding tert-OH is 1. The van der Waals surface area contributed by atoms with E-state index in [9.17, 15) is 4.79 Å². The van der Waals surface area contributed by atoms with Crippen LogP contribution in [0.3, 0.4) is 0 Å². The van der Waals surface area contributed by atoms with Crippen molar-refractivity contribution in [1.82, 2.24) is 4.98 Å². The van der Waals surface area contributed by atoms with Crippen molar-refractivity contribution >= 4 is 23.2 Å². The highest BCUT2D eigenvalue weighted by atomic mass is 35.5. The summed E-state index contributed by atoms with van der Waals surface area (Å²) in [6.45, 7) is 1.84. The van der Waals surface area contributed by atoms with Crippen LogP contribution in [0.2, 0.25) is 5.15 Å². The molecule has 1 amide bonds. The molecule has 0 aliphatic rings. The van der Waals surface area contributed by atoms with Crippen LogP contribution < -0.4 is 5.32 Å². The van der Waals surface area contributed by atoms with Gasteiger partial charge in [0, 0.05) is 13.0 Å². The van der Waals surface area contributed by atoms with E-state index in [1.165, 1.54) is 6.20 Å². The molecule has 0 spiro atoms. The van der Waals surface area contributed by atoms with Crippen LogP contribution in [0.5, 0.6) is 0 Å². The van der Waals surface area contributed by atoms with E-state index < -0.39 is 0 Å². The van der Waals surface area contributed by atoms with Crippen LogP contribution in [0.15, 0.2) is 12.3 Å². The first-order valence-corrected chi connectivity index (χ1v) is 5.04. The summed E-state index contributed by atoms with van der Waals surface area (Å²) in [5, 5.41) is 11.7. The number of amides is 1. The lowest BCUT2D eigenvalue weighted by Crippen LogP contribution is -2.12. The predicted molar refractivity (Wildman–Crippen MR) is 58.9 cm³/mol. The van der Waals surface area contributed by atoms with Crippen molar-refractivity contribution in [3.63, 3.8) is 0 Å². The van der Waals surface area contributed by atoms with Gasteiger partial charge in [-0.3, -0.25) is 4.79 Å². The Hall–Kier alpha value is -1.13. The number of rotatable bonds is 4. The fraction of sp³-hybridized carbons (Fsp3) is 0.400. The average molecular weight is 229 g/mol. The van der Waals surface area contributed by atoms with Crippen LogP contribution in [0.4, 0.5) is 5.69 Å². The highest BCUT2D eigenvalue weighted by molar-refractivity contribution is 6.30. The van der Waals surface area contributed by atoms with Crippen LogP contribution in [0, 0.1) is 6.92 Å². The molecule has 1 rings (SSSR count). The topological polar surface area (TPSA) is 62.2 Å². The standard InChI is InChI=1S/C10H13ClN2O2/c1-7-5-8(6-12-10(7)11)13-9(15)3-2-4-14/h5-6,14H,2-4H2,1H3,(H,13,15). The summed E-state index contributed by atoms with van der Waals surface area (Å²) in [4.78, 5) is 15.2. The maximum absolute atomic E-state index is 11.3. The summed E-state index contributed by atoms with van der Waals surface area (Å²) in [7, 11) is 0. The third-order valence-corrected chi connectivity index (χ3v) is 2.26. The van der Waals surface area contributed by atoms with Gasteiger partial charge in [0.15, 0.2) is 0 Å². The second kappa shape index (κ2) is 5.68. The summed E-state index contributed by atoms with van der Waals surface area (Å²) >= 11 is 5.74. The van der Waals surface area contributed by atoms with Crippen LogP contribution in [-0.4, -0.2) is 22.6 Å². The molecule has 1 aromatic heterocycles. The summed E-state index contributed by atoms with van der Waals surface area (Å²) in [6, 6.07) is 1.76. The van der Waals surface area contributed by atoms with Crippen molar-refractivity contribution < 1.29 is 9.90 Å². The van der Waals surface area contributed by atoms with Gasteiger partial charge in [0.25, 0.3) is 0 Å². The highest BCUT2D eigenvalue weighted by Crippen LogP contribution is 2.16. The van der Waals surface area contributed by atoms with Crippen molar-refractivity contribution in [3.05, 3.63) is 23.0 Å². The normalized spacial score (nSPS) is 10.1. The third-order valence-electron chi connectivity index (χ3n) is 1.86. The summed E-state index contributed by atoms with van der Waals surface area (Å²) < 4.78 is 0. The molecule has 0 aromatic carbocycles. The van der Waals surface area contributed by atoms with Crippen molar-refractivity contribution in [2.24, 2.45) is 0 Å². The zero-order valence-corrected chi connectivity index (χ0v) is 9.21. The van der Waals surface area contributed by atoms with Crippen molar-refractivity contribution in [2.75, 3.05) is 11.9 Å². The molecule has 1 heterocycles. The number of anilines is 1. The number of nitrogens with zero attached hydrogens (tertiary/aromatic N) is 1. The van der Waals surface area contributed by atoms with E-state index in [1.807, 2.05) is 6.92 Å². The van der Waals surface area contributed by atoms with E-state index in [4.69, 9.17) is 16.7 Å². The molecular weight excluding hydrogens is 216 g/mol. The van der Waals surface area contributed by atoms with Gasteiger partial charge < -0.3 is 10.4 Å². The molecule has 0 radical (unpaired) electrons. The highest BCUT2D eigenvalue weighted by Gasteiger charge is 2.03. The summed E-state index contributed by atoms with van der Waals surface area (Å²) in [5.41, 5.74) is 1.44. The van der Waals surface area contributed by atoms with E-state index in [1.54, 1.807) is 6.07 Å². The molecule has 0 fully saturated rings. The largest absolute Gasteiger partial charge is 0.396 e. The first kappa shape index (κ1) is 11.9. The van der Waals surface area contributed by atoms with Crippen molar-refractivity contribution in [3.8, 4) is 0 Å². The maximum atomic E-state index is 11.3. The minimum absolute atomic E-state index is 0.0192. The molecule has 4 nitrogen and oxygen atoms in total. The number of aryl methyl sites for hydroxylation is 1. The molecule has 0 saturated heterocycles. The molecule has 0 atom stereocenters. The van der Waals surface area contributed by atoms with E-state index >= 15 is 0 Å². The smallest absolute Gasteiger partial charge is 0.224 e. The quantitative estimate of drug-likeness (QED) is 0.772. The molecule has 15 heavy (non-hydrogen) atoms. The van der Waals surface area contributed by atoms with Gasteiger partial charge in [-0.25, -0.2) is 4.98 Å². The lowest BCUT2D eigenvalue weighted by Gasteiger charge is -2.05. The Morgan fingerprint density at radius 3 is 3.00 bits per heavy atom. The number of hydrogen-bond acceptors (Lipinski definition) is 3. The second-order valence-electron chi connectivity index (χ2n) is 3.21. The van der Waals surface area contributed by atoms with Gasteiger partial charge in [0.1, 0.15) is 5.15 Å². The molecule has 0 unspecified atom stereocenters. The van der Waals surface area contributed by atoms with E-state index in [0.717, 1.165) is 5.56 Å². The van der Waals surface area contributed by atoms with Crippen molar-refractivity contribution in [1.29, 1.82) is 0 Å². The zero-order chi connectivity index (χ0) is 11.3. The van der Waals surface area contributed by atoms with Gasteiger partial charge in [-0.1, -0.05) is 11.6 Å². The minimum atomic E-state index is -0.132. The molecule has 0 bridgehead atoms. The van der Waals surface area contributed by atoms with Gasteiger partial charge in [-0.05, 0) is 25.0 Å². The van der Waals surface area contributed by atoms with Crippen LogP contribution >= 0.6 is 11.6 Å². The predicted octanol–water partition coefficient (Wildman–Crippen LogP) is 1.75. The third kappa shape index (κ3) is 3.85. The molecule has 82 valence electrons. The number of aliphatic hydroxyl groups is 1. The fourth-order valence-corrected chi connectivity index (χ4v) is 1.19. The number of pyridine rings is 1. The number of carbonyl (C=O) groups excluding carboxylic acids is 1. The first-order chi connectivity index (χ1) is 7.13. The molecular formula is C10H13ClN2O2. The summed E-state index contributed by atoms with van der Waals surface area (Å²) in [5.74, 6) is -0.132. The van der Waals surface area contributed by atoms with E-state index in [0.29, 0.717) is 23.7 Å². The number of halogens is 1. The number of hydrogen-bond donors (Lipinski definition) is 2. The Kier molecular flexibility index (Phi) is 4.52. The Labute approximate surface area is 93.3 Å². The Morgan fingerprint density at radius 1 is 1.67 bits per heavy atom. The minimum Gasteiger partial charge on any atom is -0.396 e. The van der Waals surface area contributed by atoms with Crippen LogP contribution in [0.1, 0.15) is 18.4 Å². The lowest BCUT2D eigenvalue weighted by molar-refractivity contribution is -0.116. The first-order valence-electron chi connectivity index (χ1n) is 4.66. The number of aromatic nitrogens is 1. The Balaban J connectivity index is 2.57. The zero-order valence-electron chi connectivity index (χ0n) is 8.46. The second-order valence-corrected chi connectivity index (χ2v) is 3.57. The molecule has 0 aliphatic carbocycles. The van der Waals surface area contributed by atoms with E-state index in [-0.39, 0.29) is 12.5 Å². The number of nitrogens with one attached hydrogen (secondary N) is 1. The van der Waals surface area contributed by atoms with Gasteiger partial charge in [0.2, 0.25) is 5.91 Å². The van der Waals surface area contributed by atoms with Gasteiger partial charge >= 0.3 is 0 Å². The monoisotopic (exact) mass is 228 g/mol. The molecule has 5 heteroatoms. The molecule has 0 saturated carbocycles. The van der Waals surface area contributed by atoms with Gasteiger partial charge in [-0.15, -0.1) is 0 Å². The van der Waals surface area contributed by atoms with E-state index in [2.05, 4.69) is 10.3 Å².